The fraction of sp³-hybridized carbons (Fsp3) is 0.579. The number of allylic oxidation sites excluding steroid dienone is 4. The van der Waals surface area contributed by atoms with Crippen LogP contribution in [0.3, 0.4) is 0 Å². The van der Waals surface area contributed by atoms with Crippen LogP contribution in [-0.2, 0) is 25.5 Å². The van der Waals surface area contributed by atoms with Crippen molar-refractivity contribution in [1.29, 1.82) is 0 Å². The number of rotatable bonds is 9. The van der Waals surface area contributed by atoms with E-state index < -0.39 is 5.41 Å². The fourth-order valence-electron chi connectivity index (χ4n) is 7.25. The van der Waals surface area contributed by atoms with E-state index in [9.17, 15) is 9.59 Å². The third-order valence-corrected chi connectivity index (χ3v) is 9.11. The van der Waals surface area contributed by atoms with Gasteiger partial charge in [0.1, 0.15) is 0 Å². The van der Waals surface area contributed by atoms with Gasteiger partial charge in [-0.05, 0) is 62.8 Å². The second-order valence-electron chi connectivity index (χ2n) is 13.1. The van der Waals surface area contributed by atoms with Gasteiger partial charge in [0.15, 0.2) is 0 Å². The van der Waals surface area contributed by atoms with Crippen LogP contribution in [-0.4, -0.2) is 67.0 Å². The van der Waals surface area contributed by atoms with Crippen LogP contribution in [0, 0.1) is 11.3 Å². The van der Waals surface area contributed by atoms with Crippen LogP contribution in [0.5, 0.6) is 0 Å². The average Bonchev–Trinajstić information content (AvgIpc) is 3.68. The SMILES string of the molecule is C=C/C=C1\C(=C/C(C)OC(C)C)C2CC2(C(=O)N2CCOCC2)Cn2c1c(C(C)CCC)c1ccc(C(=O)OC)cc12.CCC. The zero-order valence-electron chi connectivity index (χ0n) is 28.8. The molecule has 2 fully saturated rings. The van der Waals surface area contributed by atoms with Gasteiger partial charge in [0.2, 0.25) is 5.91 Å². The molecule has 0 spiro atoms. The molecular weight excluding hydrogens is 564 g/mol. The van der Waals surface area contributed by atoms with Crippen LogP contribution in [0.1, 0.15) is 102 Å². The van der Waals surface area contributed by atoms with Crippen molar-refractivity contribution in [3.63, 3.8) is 0 Å². The van der Waals surface area contributed by atoms with Crippen molar-refractivity contribution in [2.45, 2.75) is 98.8 Å². The summed E-state index contributed by atoms with van der Waals surface area (Å²) in [5, 5.41) is 1.12. The lowest BCUT2D eigenvalue weighted by Gasteiger charge is -2.31. The Balaban J connectivity index is 0.00000148. The maximum Gasteiger partial charge on any atom is 0.337 e. The van der Waals surface area contributed by atoms with Crippen molar-refractivity contribution >= 4 is 28.4 Å². The number of carbonyl (C=O) groups is 2. The van der Waals surface area contributed by atoms with Gasteiger partial charge in [0, 0.05) is 42.0 Å². The highest BCUT2D eigenvalue weighted by Gasteiger charge is 2.64. The Morgan fingerprint density at radius 3 is 2.42 bits per heavy atom. The van der Waals surface area contributed by atoms with Gasteiger partial charge in [-0.2, -0.15) is 0 Å². The van der Waals surface area contributed by atoms with Crippen LogP contribution >= 0.6 is 0 Å². The molecule has 246 valence electrons. The normalized spacial score (nSPS) is 23.9. The minimum atomic E-state index is -0.579. The van der Waals surface area contributed by atoms with Crippen LogP contribution < -0.4 is 0 Å². The monoisotopic (exact) mass is 618 g/mol. The number of carbonyl (C=O) groups excluding carboxylic acids is 2. The summed E-state index contributed by atoms with van der Waals surface area (Å²) in [5.41, 5.74) is 5.53. The zero-order chi connectivity index (χ0) is 32.9. The Labute approximate surface area is 270 Å². The molecule has 45 heavy (non-hydrogen) atoms. The molecule has 1 aliphatic carbocycles. The molecule has 0 N–H and O–H groups in total. The Bertz CT molecular complexity index is 1440. The zero-order valence-corrected chi connectivity index (χ0v) is 28.8. The lowest BCUT2D eigenvalue weighted by molar-refractivity contribution is -0.142. The highest BCUT2D eigenvalue weighted by atomic mass is 16.5. The summed E-state index contributed by atoms with van der Waals surface area (Å²) in [6.45, 7) is 21.9. The number of amides is 1. The third kappa shape index (κ3) is 7.00. The van der Waals surface area contributed by atoms with E-state index in [0.29, 0.717) is 38.4 Å². The van der Waals surface area contributed by atoms with Gasteiger partial charge in [0.25, 0.3) is 0 Å². The molecule has 5 rings (SSSR count). The number of nitrogens with zero attached hydrogens (tertiary/aromatic N) is 2. The van der Waals surface area contributed by atoms with Crippen molar-refractivity contribution in [2.24, 2.45) is 11.3 Å². The maximum absolute atomic E-state index is 14.4. The first kappa shape index (κ1) is 34.7. The minimum Gasteiger partial charge on any atom is -0.465 e. The number of morpholine rings is 1. The van der Waals surface area contributed by atoms with Crippen molar-refractivity contribution in [1.82, 2.24) is 9.47 Å². The van der Waals surface area contributed by atoms with E-state index in [1.165, 1.54) is 19.1 Å². The van der Waals surface area contributed by atoms with E-state index in [-0.39, 0.29) is 35.9 Å². The van der Waals surface area contributed by atoms with Crippen molar-refractivity contribution in [3.05, 3.63) is 65.4 Å². The standard InChI is InChI=1S/C35H46N2O5.C3H8/c1-8-10-23(5)31-27-13-12-25(33(38)40-7)19-30(27)37-21-35(34(39)36-14-16-41-17-15-36)20-29(35)28(18-24(6)42-22(3)4)26(11-9-2)32(31)37;1-3-2/h9,11-13,18-19,22-24,29H,2,8,10,14-17,20-21H2,1,3-7H3;3H2,1-2H3/b26-11+,28-18+;. The molecule has 0 bridgehead atoms. The van der Waals surface area contributed by atoms with Gasteiger partial charge in [0.05, 0.1) is 49.2 Å². The van der Waals surface area contributed by atoms with Gasteiger partial charge in [-0.1, -0.05) is 71.4 Å². The van der Waals surface area contributed by atoms with Crippen LogP contribution in [0.2, 0.25) is 0 Å². The van der Waals surface area contributed by atoms with Gasteiger partial charge < -0.3 is 23.7 Å². The molecule has 1 aromatic carbocycles. The second-order valence-corrected chi connectivity index (χ2v) is 13.1. The molecule has 1 saturated heterocycles. The van der Waals surface area contributed by atoms with Crippen molar-refractivity contribution in [3.8, 4) is 0 Å². The Morgan fingerprint density at radius 1 is 1.13 bits per heavy atom. The van der Waals surface area contributed by atoms with Gasteiger partial charge >= 0.3 is 5.97 Å². The van der Waals surface area contributed by atoms with Gasteiger partial charge in [-0.25, -0.2) is 4.79 Å². The quantitative estimate of drug-likeness (QED) is 0.267. The number of ether oxygens (including phenoxy) is 3. The molecule has 1 saturated carbocycles. The second kappa shape index (κ2) is 15.0. The number of methoxy groups -OCH3 is 1. The molecule has 3 heterocycles. The number of hydrogen-bond donors (Lipinski definition) is 0. The average molecular weight is 619 g/mol. The Morgan fingerprint density at radius 2 is 1.82 bits per heavy atom. The van der Waals surface area contributed by atoms with Crippen molar-refractivity contribution in [2.75, 3.05) is 33.4 Å². The summed E-state index contributed by atoms with van der Waals surface area (Å²) in [4.78, 5) is 29.1. The largest absolute Gasteiger partial charge is 0.465 e. The van der Waals surface area contributed by atoms with Crippen molar-refractivity contribution < 1.29 is 23.8 Å². The first-order valence-electron chi connectivity index (χ1n) is 16.9. The molecule has 3 aliphatic rings. The number of hydrogen-bond acceptors (Lipinski definition) is 5. The Kier molecular flexibility index (Phi) is 11.5. The minimum absolute atomic E-state index is 0.0605. The highest BCUT2D eigenvalue weighted by Crippen LogP contribution is 2.64. The maximum atomic E-state index is 14.4. The number of aromatic nitrogens is 1. The molecule has 1 aromatic heterocycles. The lowest BCUT2D eigenvalue weighted by Crippen LogP contribution is -2.46. The molecule has 4 unspecified atom stereocenters. The van der Waals surface area contributed by atoms with Crippen LogP contribution in [0.15, 0.2) is 48.6 Å². The van der Waals surface area contributed by atoms with E-state index in [1.807, 2.05) is 37.0 Å². The fourth-order valence-corrected chi connectivity index (χ4v) is 7.25. The first-order valence-corrected chi connectivity index (χ1v) is 16.9. The predicted molar refractivity (Wildman–Crippen MR) is 182 cm³/mol. The van der Waals surface area contributed by atoms with Gasteiger partial charge in [-0.15, -0.1) is 0 Å². The molecule has 4 atom stereocenters. The molecule has 1 amide bonds. The van der Waals surface area contributed by atoms with E-state index in [4.69, 9.17) is 14.2 Å². The first-order chi connectivity index (χ1) is 21.6. The summed E-state index contributed by atoms with van der Waals surface area (Å²) in [5.74, 6) is 0.163. The van der Waals surface area contributed by atoms with E-state index in [2.05, 4.69) is 64.0 Å². The van der Waals surface area contributed by atoms with Crippen LogP contribution in [0.25, 0.3) is 16.5 Å². The molecule has 0 radical (unpaired) electrons. The summed E-state index contributed by atoms with van der Waals surface area (Å²) in [6.07, 6.45) is 10.3. The molecule has 7 nitrogen and oxygen atoms in total. The summed E-state index contributed by atoms with van der Waals surface area (Å²) in [7, 11) is 1.41. The topological polar surface area (TPSA) is 70.0 Å². The summed E-state index contributed by atoms with van der Waals surface area (Å²) < 4.78 is 19.2. The number of esters is 1. The predicted octanol–water partition coefficient (Wildman–Crippen LogP) is 7.94. The molecular formula is C38H54N2O5. The summed E-state index contributed by atoms with van der Waals surface area (Å²) >= 11 is 0. The lowest BCUT2D eigenvalue weighted by atomic mass is 9.86. The molecule has 2 aliphatic heterocycles. The van der Waals surface area contributed by atoms with E-state index >= 15 is 0 Å². The van der Waals surface area contributed by atoms with E-state index in [1.54, 1.807) is 0 Å². The third-order valence-electron chi connectivity index (χ3n) is 9.11. The van der Waals surface area contributed by atoms with E-state index in [0.717, 1.165) is 47.0 Å². The smallest absolute Gasteiger partial charge is 0.337 e. The Hall–Kier alpha value is -3.16. The number of fused-ring (bicyclic) bond motifs is 4. The van der Waals surface area contributed by atoms with Gasteiger partial charge in [-0.3, -0.25) is 4.79 Å². The summed E-state index contributed by atoms with van der Waals surface area (Å²) in [6, 6.07) is 5.86. The highest BCUT2D eigenvalue weighted by molar-refractivity contribution is 6.01. The molecule has 2 aromatic rings. The molecule has 7 heteroatoms. The number of benzene rings is 1. The van der Waals surface area contributed by atoms with Crippen LogP contribution in [0.4, 0.5) is 0 Å².